The van der Waals surface area contributed by atoms with Gasteiger partial charge in [0.25, 0.3) is 5.56 Å². The summed E-state index contributed by atoms with van der Waals surface area (Å²) in [5.41, 5.74) is 2.51. The Balaban J connectivity index is 0.00000392. The zero-order valence-corrected chi connectivity index (χ0v) is 19.1. The lowest BCUT2D eigenvalue weighted by Gasteiger charge is -2.12. The molecule has 0 atom stereocenters. The van der Waals surface area contributed by atoms with Crippen molar-refractivity contribution in [3.05, 3.63) is 69.4 Å². The first kappa shape index (κ1) is 24.1. The third-order valence-electron chi connectivity index (χ3n) is 4.37. The van der Waals surface area contributed by atoms with E-state index in [9.17, 15) is 9.18 Å². The van der Waals surface area contributed by atoms with Gasteiger partial charge in [-0.25, -0.2) is 9.38 Å². The molecular formula is C21H30FIN4O. The second-order valence-corrected chi connectivity index (χ2v) is 6.57. The molecule has 0 aliphatic carbocycles. The largest absolute Gasteiger partial charge is 0.357 e. The van der Waals surface area contributed by atoms with Crippen molar-refractivity contribution in [1.82, 2.24) is 15.2 Å². The third-order valence-corrected chi connectivity index (χ3v) is 4.37. The fourth-order valence-electron chi connectivity index (χ4n) is 2.76. The van der Waals surface area contributed by atoms with Crippen molar-refractivity contribution in [2.45, 2.75) is 46.7 Å². The summed E-state index contributed by atoms with van der Waals surface area (Å²) in [6, 6.07) is 10.5. The van der Waals surface area contributed by atoms with Crippen LogP contribution >= 0.6 is 24.0 Å². The minimum absolute atomic E-state index is 0. The molecular weight excluding hydrogens is 470 g/mol. The van der Waals surface area contributed by atoms with E-state index in [1.807, 2.05) is 26.0 Å². The maximum Gasteiger partial charge on any atom is 0.250 e. The van der Waals surface area contributed by atoms with Crippen LogP contribution < -0.4 is 16.2 Å². The number of rotatable bonds is 8. The number of aliphatic imine (C=N–C) groups is 1. The van der Waals surface area contributed by atoms with Crippen molar-refractivity contribution in [1.29, 1.82) is 0 Å². The van der Waals surface area contributed by atoms with Crippen molar-refractivity contribution >= 4 is 29.9 Å². The Labute approximate surface area is 183 Å². The molecule has 0 saturated heterocycles. The SMILES string of the molecule is CCNC(=NCc1ccc(C)c(F)c1)NCCCCn1c(C)cccc1=O.I. The monoisotopic (exact) mass is 500 g/mol. The van der Waals surface area contributed by atoms with Gasteiger partial charge in [-0.2, -0.15) is 0 Å². The van der Waals surface area contributed by atoms with Gasteiger partial charge in [-0.3, -0.25) is 4.79 Å². The van der Waals surface area contributed by atoms with E-state index in [1.165, 1.54) is 6.07 Å². The van der Waals surface area contributed by atoms with Crippen molar-refractivity contribution < 1.29 is 4.39 Å². The number of halogens is 2. The Morgan fingerprint density at radius 2 is 1.93 bits per heavy atom. The molecule has 28 heavy (non-hydrogen) atoms. The molecule has 0 fully saturated rings. The number of aryl methyl sites for hydroxylation is 2. The molecule has 2 aromatic rings. The molecule has 0 radical (unpaired) electrons. The van der Waals surface area contributed by atoms with E-state index >= 15 is 0 Å². The van der Waals surface area contributed by atoms with Crippen LogP contribution in [0.5, 0.6) is 0 Å². The quantitative estimate of drug-likeness (QED) is 0.251. The minimum Gasteiger partial charge on any atom is -0.357 e. The summed E-state index contributed by atoms with van der Waals surface area (Å²) < 4.78 is 15.4. The zero-order chi connectivity index (χ0) is 19.6. The molecule has 1 aromatic heterocycles. The van der Waals surface area contributed by atoms with Crippen LogP contribution in [0.15, 0.2) is 46.2 Å². The number of unbranched alkanes of at least 4 members (excludes halogenated alkanes) is 1. The molecule has 1 heterocycles. The maximum atomic E-state index is 13.6. The molecule has 2 rings (SSSR count). The molecule has 7 heteroatoms. The fraction of sp³-hybridized carbons (Fsp3) is 0.429. The van der Waals surface area contributed by atoms with Gasteiger partial charge in [-0.1, -0.05) is 18.2 Å². The van der Waals surface area contributed by atoms with Crippen LogP contribution in [0.4, 0.5) is 4.39 Å². The van der Waals surface area contributed by atoms with Gasteiger partial charge in [0.1, 0.15) is 5.82 Å². The molecule has 1 aromatic carbocycles. The normalized spacial score (nSPS) is 11.1. The van der Waals surface area contributed by atoms with Gasteiger partial charge in [0.05, 0.1) is 6.54 Å². The summed E-state index contributed by atoms with van der Waals surface area (Å²) >= 11 is 0. The summed E-state index contributed by atoms with van der Waals surface area (Å²) in [6.45, 7) is 8.35. The zero-order valence-electron chi connectivity index (χ0n) is 16.8. The number of aromatic nitrogens is 1. The molecule has 0 aliphatic heterocycles. The highest BCUT2D eigenvalue weighted by Gasteiger charge is 2.02. The predicted octanol–water partition coefficient (Wildman–Crippen LogP) is 3.76. The molecule has 0 aliphatic rings. The van der Waals surface area contributed by atoms with Crippen molar-refractivity contribution in [3.63, 3.8) is 0 Å². The third kappa shape index (κ3) is 7.61. The summed E-state index contributed by atoms with van der Waals surface area (Å²) in [5.74, 6) is 0.513. The van der Waals surface area contributed by atoms with E-state index in [2.05, 4.69) is 15.6 Å². The van der Waals surface area contributed by atoms with Crippen molar-refractivity contribution in [2.24, 2.45) is 4.99 Å². The fourth-order valence-corrected chi connectivity index (χ4v) is 2.76. The maximum absolute atomic E-state index is 13.6. The highest BCUT2D eigenvalue weighted by Crippen LogP contribution is 2.10. The Bertz CT molecular complexity index is 835. The molecule has 0 spiro atoms. The highest BCUT2D eigenvalue weighted by molar-refractivity contribution is 14.0. The van der Waals surface area contributed by atoms with Crippen molar-refractivity contribution in [3.8, 4) is 0 Å². The van der Waals surface area contributed by atoms with Gasteiger partial charge in [-0.15, -0.1) is 24.0 Å². The molecule has 0 saturated carbocycles. The smallest absolute Gasteiger partial charge is 0.250 e. The van der Waals surface area contributed by atoms with E-state index in [1.54, 1.807) is 29.7 Å². The summed E-state index contributed by atoms with van der Waals surface area (Å²) in [7, 11) is 0. The number of hydrogen-bond donors (Lipinski definition) is 2. The van der Waals surface area contributed by atoms with Gasteiger partial charge in [0.15, 0.2) is 5.96 Å². The number of guanidine groups is 1. The lowest BCUT2D eigenvalue weighted by Crippen LogP contribution is -2.37. The molecule has 0 bridgehead atoms. The van der Waals surface area contributed by atoms with Crippen LogP contribution in [0, 0.1) is 19.7 Å². The lowest BCUT2D eigenvalue weighted by atomic mass is 10.1. The number of hydrogen-bond acceptors (Lipinski definition) is 2. The standard InChI is InChI=1S/C21H29FN4O.HI/c1-4-23-21(25-15-18-11-10-16(2)19(22)14-18)24-12-5-6-13-26-17(3)8-7-9-20(26)27;/h7-11,14H,4-6,12-13,15H2,1-3H3,(H2,23,24,25);1H. The Morgan fingerprint density at radius 3 is 2.61 bits per heavy atom. The molecule has 154 valence electrons. The number of nitrogens with one attached hydrogen (secondary N) is 2. The second-order valence-electron chi connectivity index (χ2n) is 6.57. The predicted molar refractivity (Wildman–Crippen MR) is 124 cm³/mol. The summed E-state index contributed by atoms with van der Waals surface area (Å²) in [4.78, 5) is 16.4. The van der Waals surface area contributed by atoms with Crippen LogP contribution in [-0.2, 0) is 13.1 Å². The van der Waals surface area contributed by atoms with Gasteiger partial charge in [0.2, 0.25) is 0 Å². The first-order valence-corrected chi connectivity index (χ1v) is 9.45. The minimum atomic E-state index is -0.202. The number of nitrogens with zero attached hydrogens (tertiary/aromatic N) is 2. The van der Waals surface area contributed by atoms with Crippen LogP contribution in [0.1, 0.15) is 36.6 Å². The number of pyridine rings is 1. The van der Waals surface area contributed by atoms with Crippen LogP contribution in [0.2, 0.25) is 0 Å². The average molecular weight is 500 g/mol. The van der Waals surface area contributed by atoms with E-state index in [0.717, 1.165) is 37.2 Å². The van der Waals surface area contributed by atoms with Gasteiger partial charge < -0.3 is 15.2 Å². The van der Waals surface area contributed by atoms with E-state index in [-0.39, 0.29) is 35.4 Å². The highest BCUT2D eigenvalue weighted by atomic mass is 127. The van der Waals surface area contributed by atoms with Crippen LogP contribution in [0.3, 0.4) is 0 Å². The first-order valence-electron chi connectivity index (χ1n) is 9.45. The molecule has 2 N–H and O–H groups in total. The van der Waals surface area contributed by atoms with E-state index in [0.29, 0.717) is 24.6 Å². The Kier molecular flexibility index (Phi) is 10.8. The van der Waals surface area contributed by atoms with Crippen LogP contribution in [0.25, 0.3) is 0 Å². The first-order chi connectivity index (χ1) is 13.0. The summed E-state index contributed by atoms with van der Waals surface area (Å²) in [5, 5.41) is 6.49. The molecule has 0 unspecified atom stereocenters. The molecule has 5 nitrogen and oxygen atoms in total. The Morgan fingerprint density at radius 1 is 1.14 bits per heavy atom. The van der Waals surface area contributed by atoms with E-state index < -0.39 is 0 Å². The average Bonchev–Trinajstić information content (AvgIpc) is 2.64. The van der Waals surface area contributed by atoms with Gasteiger partial charge in [0, 0.05) is 31.4 Å². The Hall–Kier alpha value is -1.90. The lowest BCUT2D eigenvalue weighted by molar-refractivity contribution is 0.575. The van der Waals surface area contributed by atoms with Gasteiger partial charge in [-0.05, 0) is 56.9 Å². The van der Waals surface area contributed by atoms with E-state index in [4.69, 9.17) is 0 Å². The van der Waals surface area contributed by atoms with Gasteiger partial charge >= 0.3 is 0 Å². The topological polar surface area (TPSA) is 58.4 Å². The number of benzene rings is 1. The molecule has 0 amide bonds. The second kappa shape index (κ2) is 12.5. The summed E-state index contributed by atoms with van der Waals surface area (Å²) in [6.07, 6.45) is 1.82. The van der Waals surface area contributed by atoms with Crippen molar-refractivity contribution in [2.75, 3.05) is 13.1 Å². The van der Waals surface area contributed by atoms with Crippen LogP contribution in [-0.4, -0.2) is 23.6 Å².